The molecule has 0 aliphatic rings. The van der Waals surface area contributed by atoms with Gasteiger partial charge in [-0.25, -0.2) is 0 Å². The van der Waals surface area contributed by atoms with E-state index in [1.165, 1.54) is 0 Å². The van der Waals surface area contributed by atoms with E-state index >= 15 is 0 Å². The third-order valence-electron chi connectivity index (χ3n) is 5.70. The summed E-state index contributed by atoms with van der Waals surface area (Å²) in [5.74, 6) is 0.0463. The molecule has 0 bridgehead atoms. The highest BCUT2D eigenvalue weighted by Gasteiger charge is 2.43. The van der Waals surface area contributed by atoms with E-state index in [9.17, 15) is 9.90 Å². The molecule has 4 nitrogen and oxygen atoms in total. The Morgan fingerprint density at radius 3 is 2.07 bits per heavy atom. The van der Waals surface area contributed by atoms with Crippen molar-refractivity contribution in [1.29, 1.82) is 0 Å². The summed E-state index contributed by atoms with van der Waals surface area (Å²) in [6.07, 6.45) is 0.807. The van der Waals surface area contributed by atoms with E-state index in [0.717, 1.165) is 23.1 Å². The van der Waals surface area contributed by atoms with Crippen LogP contribution in [-0.4, -0.2) is 28.1 Å². The maximum absolute atomic E-state index is 12.2. The maximum Gasteiger partial charge on any atom is 0.313 e. The lowest BCUT2D eigenvalue weighted by Crippen LogP contribution is -2.54. The molecule has 0 heterocycles. The van der Waals surface area contributed by atoms with Crippen LogP contribution in [0.1, 0.15) is 71.6 Å². The Labute approximate surface area is 181 Å². The monoisotopic (exact) mass is 411 g/mol. The minimum atomic E-state index is -0.470. The largest absolute Gasteiger partial charge is 0.426 e. The Morgan fingerprint density at radius 2 is 1.60 bits per heavy atom. The number of aliphatic hydroxyl groups is 1. The Bertz CT molecular complexity index is 821. The summed E-state index contributed by atoms with van der Waals surface area (Å²) in [6, 6.07) is 16.6. The van der Waals surface area contributed by atoms with Gasteiger partial charge in [0, 0.05) is 12.1 Å². The molecule has 1 unspecified atom stereocenters. The standard InChI is InChI=1S/C26H37NO3/c1-8-26(22-12-10-9-11-13-22,27(19(4)5)20(6)7)24-16-23(15-14-21(24)17-28)30-25(29)18(2)3/h9-16,18-20,28H,8,17H2,1-7H3. The molecule has 2 aromatic carbocycles. The van der Waals surface area contributed by atoms with Gasteiger partial charge in [-0.2, -0.15) is 0 Å². The van der Waals surface area contributed by atoms with Gasteiger partial charge in [-0.1, -0.05) is 57.2 Å². The van der Waals surface area contributed by atoms with Crippen LogP contribution < -0.4 is 4.74 Å². The van der Waals surface area contributed by atoms with Gasteiger partial charge in [0.2, 0.25) is 0 Å². The van der Waals surface area contributed by atoms with Crippen molar-refractivity contribution in [2.45, 2.75) is 79.1 Å². The second-order valence-electron chi connectivity index (χ2n) is 8.73. The second kappa shape index (κ2) is 10.2. The molecule has 1 N–H and O–H groups in total. The van der Waals surface area contributed by atoms with Gasteiger partial charge in [0.05, 0.1) is 18.1 Å². The quantitative estimate of drug-likeness (QED) is 0.436. The van der Waals surface area contributed by atoms with Gasteiger partial charge < -0.3 is 9.84 Å². The summed E-state index contributed by atoms with van der Waals surface area (Å²) in [5.41, 5.74) is 2.52. The Morgan fingerprint density at radius 1 is 1.00 bits per heavy atom. The molecule has 2 aromatic rings. The summed E-state index contributed by atoms with van der Waals surface area (Å²) in [7, 11) is 0. The first-order valence-corrected chi connectivity index (χ1v) is 11.0. The van der Waals surface area contributed by atoms with E-state index in [1.807, 2.05) is 32.0 Å². The van der Waals surface area contributed by atoms with E-state index in [-0.39, 0.29) is 30.6 Å². The second-order valence-corrected chi connectivity index (χ2v) is 8.73. The zero-order valence-corrected chi connectivity index (χ0v) is 19.5. The van der Waals surface area contributed by atoms with Crippen molar-refractivity contribution < 1.29 is 14.6 Å². The van der Waals surface area contributed by atoms with Crippen molar-refractivity contribution in [2.24, 2.45) is 5.92 Å². The van der Waals surface area contributed by atoms with Crippen LogP contribution in [0.2, 0.25) is 0 Å². The van der Waals surface area contributed by atoms with Crippen molar-refractivity contribution >= 4 is 5.97 Å². The van der Waals surface area contributed by atoms with Crippen LogP contribution in [0.5, 0.6) is 5.75 Å². The zero-order valence-electron chi connectivity index (χ0n) is 19.5. The van der Waals surface area contributed by atoms with Gasteiger partial charge >= 0.3 is 5.97 Å². The number of benzene rings is 2. The van der Waals surface area contributed by atoms with Gasteiger partial charge in [0.15, 0.2) is 0 Å². The zero-order chi connectivity index (χ0) is 22.5. The number of carbonyl (C=O) groups is 1. The molecule has 4 heteroatoms. The maximum atomic E-state index is 12.2. The highest BCUT2D eigenvalue weighted by atomic mass is 16.5. The van der Waals surface area contributed by atoms with Gasteiger partial charge in [-0.05, 0) is 62.9 Å². The first kappa shape index (κ1) is 24.1. The highest BCUT2D eigenvalue weighted by Crippen LogP contribution is 2.44. The number of ether oxygens (including phenoxy) is 1. The molecular formula is C26H37NO3. The number of nitrogens with zero attached hydrogens (tertiary/aromatic N) is 1. The average Bonchev–Trinajstić information content (AvgIpc) is 2.71. The Hall–Kier alpha value is -2.17. The molecule has 0 fully saturated rings. The predicted octanol–water partition coefficient (Wildman–Crippen LogP) is 5.51. The van der Waals surface area contributed by atoms with Gasteiger partial charge in [0.25, 0.3) is 0 Å². The Balaban J connectivity index is 2.82. The molecule has 2 rings (SSSR count). The molecule has 164 valence electrons. The molecule has 0 aliphatic heterocycles. The fourth-order valence-electron chi connectivity index (χ4n) is 4.59. The van der Waals surface area contributed by atoms with Crippen LogP contribution in [0.15, 0.2) is 48.5 Å². The van der Waals surface area contributed by atoms with E-state index < -0.39 is 5.54 Å². The molecule has 0 aromatic heterocycles. The number of aliphatic hydroxyl groups excluding tert-OH is 1. The summed E-state index contributed by atoms with van der Waals surface area (Å²) < 4.78 is 5.65. The van der Waals surface area contributed by atoms with E-state index in [1.54, 1.807) is 6.07 Å². The van der Waals surface area contributed by atoms with E-state index in [0.29, 0.717) is 5.75 Å². The fraction of sp³-hybridized carbons (Fsp3) is 0.500. The molecular weight excluding hydrogens is 374 g/mol. The first-order chi connectivity index (χ1) is 14.2. The molecule has 0 spiro atoms. The third kappa shape index (κ3) is 4.76. The van der Waals surface area contributed by atoms with E-state index in [2.05, 4.69) is 63.8 Å². The topological polar surface area (TPSA) is 49.8 Å². The minimum absolute atomic E-state index is 0.0770. The highest BCUT2D eigenvalue weighted by molar-refractivity contribution is 5.74. The van der Waals surface area contributed by atoms with Crippen LogP contribution in [-0.2, 0) is 16.9 Å². The molecule has 0 radical (unpaired) electrons. The van der Waals surface area contributed by atoms with Crippen LogP contribution >= 0.6 is 0 Å². The number of hydrogen-bond acceptors (Lipinski definition) is 4. The van der Waals surface area contributed by atoms with Gasteiger partial charge in [-0.15, -0.1) is 0 Å². The molecule has 1 atom stereocenters. The smallest absolute Gasteiger partial charge is 0.313 e. The lowest BCUT2D eigenvalue weighted by molar-refractivity contribution is -0.137. The van der Waals surface area contributed by atoms with Crippen LogP contribution in [0.3, 0.4) is 0 Å². The van der Waals surface area contributed by atoms with Crippen LogP contribution in [0.25, 0.3) is 0 Å². The molecule has 0 saturated carbocycles. The lowest BCUT2D eigenvalue weighted by Gasteiger charge is -2.50. The van der Waals surface area contributed by atoms with E-state index in [4.69, 9.17) is 4.74 Å². The SMILES string of the molecule is CCC(c1ccccc1)(c1cc(OC(=O)C(C)C)ccc1CO)N(C(C)C)C(C)C. The van der Waals surface area contributed by atoms with Crippen molar-refractivity contribution in [3.63, 3.8) is 0 Å². The average molecular weight is 412 g/mol. The summed E-state index contributed by atoms with van der Waals surface area (Å²) in [4.78, 5) is 14.7. The molecule has 0 amide bonds. The fourth-order valence-corrected chi connectivity index (χ4v) is 4.59. The molecule has 0 aliphatic carbocycles. The minimum Gasteiger partial charge on any atom is -0.426 e. The third-order valence-corrected chi connectivity index (χ3v) is 5.70. The summed E-state index contributed by atoms with van der Waals surface area (Å²) in [6.45, 7) is 14.6. The molecule has 0 saturated heterocycles. The number of hydrogen-bond donors (Lipinski definition) is 1. The lowest BCUT2D eigenvalue weighted by atomic mass is 9.75. The van der Waals surface area contributed by atoms with Gasteiger partial charge in [-0.3, -0.25) is 9.69 Å². The van der Waals surface area contributed by atoms with Crippen molar-refractivity contribution in [2.75, 3.05) is 0 Å². The van der Waals surface area contributed by atoms with Crippen molar-refractivity contribution in [3.8, 4) is 5.75 Å². The number of rotatable bonds is 9. The van der Waals surface area contributed by atoms with Gasteiger partial charge in [0.1, 0.15) is 5.75 Å². The predicted molar refractivity (Wildman–Crippen MR) is 122 cm³/mol. The Kier molecular flexibility index (Phi) is 8.22. The number of carbonyl (C=O) groups excluding carboxylic acids is 1. The normalized spacial score (nSPS) is 13.9. The van der Waals surface area contributed by atoms with Crippen LogP contribution in [0, 0.1) is 5.92 Å². The van der Waals surface area contributed by atoms with Crippen molar-refractivity contribution in [1.82, 2.24) is 4.90 Å². The van der Waals surface area contributed by atoms with Crippen molar-refractivity contribution in [3.05, 3.63) is 65.2 Å². The summed E-state index contributed by atoms with van der Waals surface area (Å²) >= 11 is 0. The van der Waals surface area contributed by atoms with Crippen LogP contribution in [0.4, 0.5) is 0 Å². The number of esters is 1. The summed E-state index contributed by atoms with van der Waals surface area (Å²) in [5, 5.41) is 10.2. The molecule has 30 heavy (non-hydrogen) atoms. The first-order valence-electron chi connectivity index (χ1n) is 11.0.